The highest BCUT2D eigenvalue weighted by Crippen LogP contribution is 2.24. The lowest BCUT2D eigenvalue weighted by molar-refractivity contribution is 0.122. The lowest BCUT2D eigenvalue weighted by atomic mass is 10.1. The minimum absolute atomic E-state index is 0.739. The molecule has 7 nitrogen and oxygen atoms in total. The summed E-state index contributed by atoms with van der Waals surface area (Å²) in [6, 6.07) is 10.4. The number of morpholine rings is 1. The maximum atomic E-state index is 5.45. The molecule has 0 radical (unpaired) electrons. The van der Waals surface area contributed by atoms with Crippen LogP contribution in [0.2, 0.25) is 0 Å². The molecule has 0 N–H and O–H groups in total. The zero-order chi connectivity index (χ0) is 20.4. The van der Waals surface area contributed by atoms with E-state index >= 15 is 0 Å². The Bertz CT molecular complexity index is 993. The lowest BCUT2D eigenvalue weighted by Gasteiger charge is -2.28. The van der Waals surface area contributed by atoms with Crippen molar-refractivity contribution >= 4 is 11.6 Å². The second-order valence-corrected chi connectivity index (χ2v) is 7.54. The molecule has 1 saturated heterocycles. The number of benzene rings is 1. The average Bonchev–Trinajstić information content (AvgIpc) is 3.03. The number of nitrogens with zero attached hydrogens (tertiary/aromatic N) is 6. The van der Waals surface area contributed by atoms with Crippen molar-refractivity contribution in [3.05, 3.63) is 59.2 Å². The molecule has 0 bridgehead atoms. The van der Waals surface area contributed by atoms with Crippen molar-refractivity contribution in [3.8, 4) is 5.69 Å². The first-order valence-corrected chi connectivity index (χ1v) is 10.0. The summed E-state index contributed by atoms with van der Waals surface area (Å²) in [7, 11) is 2.06. The van der Waals surface area contributed by atoms with Gasteiger partial charge in [-0.2, -0.15) is 5.10 Å². The molecule has 0 aliphatic carbocycles. The van der Waals surface area contributed by atoms with Crippen LogP contribution in [0.15, 0.2) is 36.7 Å². The predicted molar refractivity (Wildman–Crippen MR) is 115 cm³/mol. The molecular formula is C22H28N6O. The van der Waals surface area contributed by atoms with Crippen LogP contribution in [0.3, 0.4) is 0 Å². The molecule has 3 aromatic rings. The van der Waals surface area contributed by atoms with E-state index in [0.29, 0.717) is 0 Å². The minimum atomic E-state index is 0.739. The van der Waals surface area contributed by atoms with Gasteiger partial charge in [-0.05, 0) is 32.4 Å². The molecule has 2 aromatic heterocycles. The Labute approximate surface area is 172 Å². The van der Waals surface area contributed by atoms with Crippen LogP contribution in [0.4, 0.5) is 11.6 Å². The normalized spacial score (nSPS) is 14.3. The molecule has 1 aliphatic rings. The van der Waals surface area contributed by atoms with Gasteiger partial charge in [-0.25, -0.2) is 14.6 Å². The molecule has 0 saturated carbocycles. The third kappa shape index (κ3) is 3.96. The largest absolute Gasteiger partial charge is 0.378 e. The fourth-order valence-corrected chi connectivity index (χ4v) is 3.77. The van der Waals surface area contributed by atoms with Crippen LogP contribution in [0, 0.1) is 20.8 Å². The smallest absolute Gasteiger partial charge is 0.134 e. The Hall–Kier alpha value is -2.93. The number of ether oxygens (including phenoxy) is 1. The number of hydrogen-bond donors (Lipinski definition) is 0. The fourth-order valence-electron chi connectivity index (χ4n) is 3.77. The van der Waals surface area contributed by atoms with E-state index in [-0.39, 0.29) is 0 Å². The highest BCUT2D eigenvalue weighted by Gasteiger charge is 2.18. The van der Waals surface area contributed by atoms with Crippen LogP contribution in [0.1, 0.15) is 22.5 Å². The number of para-hydroxylation sites is 1. The van der Waals surface area contributed by atoms with E-state index in [9.17, 15) is 0 Å². The fraction of sp³-hybridized carbons (Fsp3) is 0.409. The summed E-state index contributed by atoms with van der Waals surface area (Å²) >= 11 is 0. The molecule has 7 heteroatoms. The van der Waals surface area contributed by atoms with E-state index in [1.807, 2.05) is 4.68 Å². The van der Waals surface area contributed by atoms with Crippen molar-refractivity contribution < 1.29 is 4.74 Å². The topological polar surface area (TPSA) is 59.3 Å². The van der Waals surface area contributed by atoms with E-state index in [1.165, 1.54) is 11.1 Å². The second kappa shape index (κ2) is 8.21. The van der Waals surface area contributed by atoms with Gasteiger partial charge in [0.05, 0.1) is 24.6 Å². The van der Waals surface area contributed by atoms with E-state index in [2.05, 4.69) is 77.9 Å². The molecule has 3 heterocycles. The van der Waals surface area contributed by atoms with Crippen molar-refractivity contribution in [2.45, 2.75) is 27.3 Å². The van der Waals surface area contributed by atoms with Gasteiger partial charge in [-0.1, -0.05) is 18.2 Å². The van der Waals surface area contributed by atoms with Crippen LogP contribution in [-0.4, -0.2) is 53.1 Å². The first-order valence-electron chi connectivity index (χ1n) is 10.0. The van der Waals surface area contributed by atoms with Crippen LogP contribution in [-0.2, 0) is 11.3 Å². The summed E-state index contributed by atoms with van der Waals surface area (Å²) in [5, 5.41) is 4.81. The molecule has 1 aromatic carbocycles. The van der Waals surface area contributed by atoms with E-state index < -0.39 is 0 Å². The average molecular weight is 393 g/mol. The van der Waals surface area contributed by atoms with E-state index in [0.717, 1.165) is 61.6 Å². The van der Waals surface area contributed by atoms with Crippen molar-refractivity contribution in [2.75, 3.05) is 43.2 Å². The van der Waals surface area contributed by atoms with Crippen LogP contribution >= 0.6 is 0 Å². The van der Waals surface area contributed by atoms with Gasteiger partial charge in [0.15, 0.2) is 0 Å². The summed E-state index contributed by atoms with van der Waals surface area (Å²) in [5.41, 5.74) is 5.76. The molecule has 152 valence electrons. The van der Waals surface area contributed by atoms with Gasteiger partial charge in [0.1, 0.15) is 18.0 Å². The molecule has 0 spiro atoms. The predicted octanol–water partition coefficient (Wildman–Crippen LogP) is 3.06. The zero-order valence-electron chi connectivity index (χ0n) is 17.6. The molecule has 0 unspecified atom stereocenters. The SMILES string of the molecule is Cc1ccccc1-n1nc(C)c(CN(C)c2cc(N3CCOCC3)ncn2)c1C. The maximum absolute atomic E-state index is 5.45. The monoisotopic (exact) mass is 392 g/mol. The molecule has 1 fully saturated rings. The number of anilines is 2. The molecular weight excluding hydrogens is 364 g/mol. The highest BCUT2D eigenvalue weighted by atomic mass is 16.5. The molecule has 0 atom stereocenters. The Kier molecular flexibility index (Phi) is 5.49. The minimum Gasteiger partial charge on any atom is -0.378 e. The van der Waals surface area contributed by atoms with Crippen LogP contribution in [0.5, 0.6) is 0 Å². The van der Waals surface area contributed by atoms with Gasteiger partial charge in [0.25, 0.3) is 0 Å². The van der Waals surface area contributed by atoms with Crippen molar-refractivity contribution in [2.24, 2.45) is 0 Å². The summed E-state index contributed by atoms with van der Waals surface area (Å²) in [4.78, 5) is 13.4. The van der Waals surface area contributed by atoms with Crippen molar-refractivity contribution in [1.29, 1.82) is 0 Å². The standard InChI is InChI=1S/C22H28N6O/c1-16-7-5-6-8-20(16)28-18(3)19(17(2)25-28)14-26(4)21-13-22(24-15-23-21)27-9-11-29-12-10-27/h5-8,13,15H,9-12,14H2,1-4H3. The molecule has 4 rings (SSSR count). The Balaban J connectivity index is 1.58. The number of hydrogen-bond acceptors (Lipinski definition) is 6. The van der Waals surface area contributed by atoms with E-state index in [4.69, 9.17) is 9.84 Å². The Morgan fingerprint density at radius 1 is 1.07 bits per heavy atom. The first-order chi connectivity index (χ1) is 14.0. The van der Waals surface area contributed by atoms with E-state index in [1.54, 1.807) is 6.33 Å². The lowest BCUT2D eigenvalue weighted by Crippen LogP contribution is -2.36. The quantitative estimate of drug-likeness (QED) is 0.665. The number of aryl methyl sites for hydroxylation is 2. The molecule has 0 amide bonds. The number of rotatable bonds is 5. The van der Waals surface area contributed by atoms with Gasteiger partial charge in [-0.15, -0.1) is 0 Å². The van der Waals surface area contributed by atoms with Gasteiger partial charge >= 0.3 is 0 Å². The Morgan fingerprint density at radius 3 is 2.59 bits per heavy atom. The third-order valence-corrected chi connectivity index (χ3v) is 5.54. The van der Waals surface area contributed by atoms with Crippen molar-refractivity contribution in [1.82, 2.24) is 19.7 Å². The van der Waals surface area contributed by atoms with Gasteiger partial charge in [0, 0.05) is 44.0 Å². The van der Waals surface area contributed by atoms with Gasteiger partial charge in [-0.3, -0.25) is 0 Å². The van der Waals surface area contributed by atoms with Crippen LogP contribution < -0.4 is 9.80 Å². The maximum Gasteiger partial charge on any atom is 0.134 e. The van der Waals surface area contributed by atoms with Crippen LogP contribution in [0.25, 0.3) is 5.69 Å². The Morgan fingerprint density at radius 2 is 1.83 bits per heavy atom. The molecule has 1 aliphatic heterocycles. The third-order valence-electron chi connectivity index (χ3n) is 5.54. The summed E-state index contributed by atoms with van der Waals surface area (Å²) in [6.45, 7) is 10.3. The first kappa shape index (κ1) is 19.4. The summed E-state index contributed by atoms with van der Waals surface area (Å²) < 4.78 is 7.50. The highest BCUT2D eigenvalue weighted by molar-refractivity contribution is 5.51. The summed E-state index contributed by atoms with van der Waals surface area (Å²) in [5.74, 6) is 1.86. The second-order valence-electron chi connectivity index (χ2n) is 7.54. The molecule has 29 heavy (non-hydrogen) atoms. The van der Waals surface area contributed by atoms with Crippen molar-refractivity contribution in [3.63, 3.8) is 0 Å². The summed E-state index contributed by atoms with van der Waals surface area (Å²) in [6.07, 6.45) is 1.65. The van der Waals surface area contributed by atoms with Gasteiger partial charge in [0.2, 0.25) is 0 Å². The van der Waals surface area contributed by atoms with Gasteiger partial charge < -0.3 is 14.5 Å². The number of aromatic nitrogens is 4. The zero-order valence-corrected chi connectivity index (χ0v) is 17.6.